The number of nitrogens with one attached hydrogen (secondary N) is 1. The molecule has 1 aromatic heterocycles. The number of aromatic nitrogens is 1. The molecule has 0 radical (unpaired) electrons. The van der Waals surface area contributed by atoms with Crippen molar-refractivity contribution in [1.29, 1.82) is 0 Å². The van der Waals surface area contributed by atoms with Crippen molar-refractivity contribution in [3.8, 4) is 0 Å². The molecule has 2 aromatic rings. The summed E-state index contributed by atoms with van der Waals surface area (Å²) in [5.74, 6) is 0. The highest BCUT2D eigenvalue weighted by Crippen LogP contribution is 2.19. The van der Waals surface area contributed by atoms with Gasteiger partial charge in [-0.05, 0) is 42.3 Å². The van der Waals surface area contributed by atoms with Crippen molar-refractivity contribution in [2.75, 3.05) is 32.7 Å². The first-order valence-corrected chi connectivity index (χ1v) is 8.21. The van der Waals surface area contributed by atoms with Crippen LogP contribution >= 0.6 is 0 Å². The fourth-order valence-electron chi connectivity index (χ4n) is 2.32. The fraction of sp³-hybridized carbons (Fsp3) is 0.368. The minimum absolute atomic E-state index is 0.0523. The normalized spacial score (nSPS) is 11.8. The van der Waals surface area contributed by atoms with E-state index in [1.165, 1.54) is 0 Å². The van der Waals surface area contributed by atoms with E-state index in [0.29, 0.717) is 19.8 Å². The van der Waals surface area contributed by atoms with E-state index in [-0.39, 0.29) is 12.1 Å². The number of rotatable bonds is 8. The molecular weight excluding hydrogens is 318 g/mol. The van der Waals surface area contributed by atoms with Crippen molar-refractivity contribution in [1.82, 2.24) is 9.88 Å². The molecule has 0 saturated carbocycles. The smallest absolute Gasteiger partial charge is 0.322 e. The molecule has 0 aliphatic rings. The van der Waals surface area contributed by atoms with Gasteiger partial charge in [0, 0.05) is 32.2 Å². The molecule has 1 aromatic carbocycles. The molecule has 0 fully saturated rings. The van der Waals surface area contributed by atoms with Crippen LogP contribution in [0.2, 0.25) is 0 Å². The fourth-order valence-corrected chi connectivity index (χ4v) is 2.32. The van der Waals surface area contributed by atoms with E-state index in [2.05, 4.69) is 10.3 Å². The number of pyridine rings is 1. The van der Waals surface area contributed by atoms with Crippen molar-refractivity contribution < 1.29 is 14.3 Å². The van der Waals surface area contributed by atoms with E-state index >= 15 is 0 Å². The zero-order valence-electron chi connectivity index (χ0n) is 14.9. The van der Waals surface area contributed by atoms with E-state index in [1.807, 2.05) is 43.3 Å². The monoisotopic (exact) mass is 343 g/mol. The van der Waals surface area contributed by atoms with Crippen molar-refractivity contribution in [2.24, 2.45) is 0 Å². The quantitative estimate of drug-likeness (QED) is 0.746. The van der Waals surface area contributed by atoms with Crippen LogP contribution in [0, 0.1) is 0 Å². The third-order valence-corrected chi connectivity index (χ3v) is 3.97. The first kappa shape index (κ1) is 18.9. The number of benzene rings is 1. The number of carbonyl (C=O) groups is 1. The lowest BCUT2D eigenvalue weighted by Crippen LogP contribution is -2.33. The van der Waals surface area contributed by atoms with Gasteiger partial charge in [-0.2, -0.15) is 0 Å². The molecule has 6 heteroatoms. The minimum Gasteiger partial charge on any atom is -0.382 e. The second-order valence-electron chi connectivity index (χ2n) is 5.74. The van der Waals surface area contributed by atoms with E-state index in [9.17, 15) is 4.79 Å². The third kappa shape index (κ3) is 5.85. The Hall–Kier alpha value is -2.44. The second-order valence-corrected chi connectivity index (χ2v) is 5.74. The summed E-state index contributed by atoms with van der Waals surface area (Å²) in [6, 6.07) is 11.2. The lowest BCUT2D eigenvalue weighted by atomic mass is 10.1. The van der Waals surface area contributed by atoms with Gasteiger partial charge in [0.15, 0.2) is 0 Å². The van der Waals surface area contributed by atoms with Crippen molar-refractivity contribution in [3.63, 3.8) is 0 Å². The molecule has 0 saturated heterocycles. The van der Waals surface area contributed by atoms with Crippen LogP contribution in [0.1, 0.15) is 24.1 Å². The Balaban J connectivity index is 1.93. The lowest BCUT2D eigenvalue weighted by molar-refractivity contribution is 0.0617. The van der Waals surface area contributed by atoms with Crippen LogP contribution < -0.4 is 5.32 Å². The van der Waals surface area contributed by atoms with Gasteiger partial charge in [0.1, 0.15) is 0 Å². The van der Waals surface area contributed by atoms with Crippen molar-refractivity contribution in [2.45, 2.75) is 19.6 Å². The molecule has 1 atom stereocenters. The maximum Gasteiger partial charge on any atom is 0.322 e. The van der Waals surface area contributed by atoms with Crippen molar-refractivity contribution in [3.05, 3.63) is 59.9 Å². The Morgan fingerprint density at radius 3 is 2.72 bits per heavy atom. The van der Waals surface area contributed by atoms with Crippen LogP contribution in [-0.2, 0) is 16.1 Å². The van der Waals surface area contributed by atoms with Gasteiger partial charge in [-0.25, -0.2) is 4.79 Å². The van der Waals surface area contributed by atoms with Crippen LogP contribution in [0.5, 0.6) is 0 Å². The van der Waals surface area contributed by atoms with Crippen LogP contribution in [-0.4, -0.2) is 43.3 Å². The first-order chi connectivity index (χ1) is 12.1. The van der Waals surface area contributed by atoms with Gasteiger partial charge in [-0.15, -0.1) is 0 Å². The number of nitrogens with zero attached hydrogens (tertiary/aromatic N) is 2. The van der Waals surface area contributed by atoms with Gasteiger partial charge in [-0.1, -0.05) is 12.1 Å². The van der Waals surface area contributed by atoms with Gasteiger partial charge in [0.25, 0.3) is 0 Å². The average Bonchev–Trinajstić information content (AvgIpc) is 2.65. The number of anilines is 1. The highest BCUT2D eigenvalue weighted by Gasteiger charge is 2.17. The maximum atomic E-state index is 12.5. The molecule has 2 rings (SSSR count). The maximum absolute atomic E-state index is 12.5. The largest absolute Gasteiger partial charge is 0.382 e. The summed E-state index contributed by atoms with van der Waals surface area (Å²) >= 11 is 0. The Bertz CT molecular complexity index is 664. The van der Waals surface area contributed by atoms with Gasteiger partial charge in [-0.3, -0.25) is 4.98 Å². The number of hydrogen-bond acceptors (Lipinski definition) is 4. The predicted octanol–water partition coefficient (Wildman–Crippen LogP) is 3.47. The summed E-state index contributed by atoms with van der Waals surface area (Å²) in [4.78, 5) is 18.2. The Labute approximate surface area is 148 Å². The third-order valence-electron chi connectivity index (χ3n) is 3.97. The second kappa shape index (κ2) is 9.76. The van der Waals surface area contributed by atoms with E-state index in [1.54, 1.807) is 31.5 Å². The van der Waals surface area contributed by atoms with Gasteiger partial charge in [0.2, 0.25) is 0 Å². The Morgan fingerprint density at radius 1 is 1.24 bits per heavy atom. The molecule has 2 amide bonds. The number of amides is 2. The van der Waals surface area contributed by atoms with E-state index < -0.39 is 0 Å². The summed E-state index contributed by atoms with van der Waals surface area (Å²) in [6.45, 7) is 3.57. The zero-order valence-corrected chi connectivity index (χ0v) is 14.9. The molecule has 0 bridgehead atoms. The topological polar surface area (TPSA) is 63.7 Å². The average molecular weight is 343 g/mol. The lowest BCUT2D eigenvalue weighted by Gasteiger charge is -2.25. The van der Waals surface area contributed by atoms with Crippen molar-refractivity contribution >= 4 is 11.7 Å². The van der Waals surface area contributed by atoms with E-state index in [0.717, 1.165) is 16.8 Å². The zero-order chi connectivity index (χ0) is 18.1. The molecule has 134 valence electrons. The highest BCUT2D eigenvalue weighted by molar-refractivity contribution is 5.89. The highest BCUT2D eigenvalue weighted by atomic mass is 16.5. The van der Waals surface area contributed by atoms with Gasteiger partial charge < -0.3 is 19.7 Å². The molecule has 0 aliphatic carbocycles. The minimum atomic E-state index is -0.165. The number of ether oxygens (including phenoxy) is 2. The number of urea groups is 1. The number of carbonyl (C=O) groups excluding carboxylic acids is 1. The molecular formula is C19H25N3O3. The molecule has 0 spiro atoms. The molecule has 25 heavy (non-hydrogen) atoms. The summed E-state index contributed by atoms with van der Waals surface area (Å²) < 4.78 is 10.5. The molecule has 6 nitrogen and oxygen atoms in total. The summed E-state index contributed by atoms with van der Waals surface area (Å²) in [5, 5.41) is 2.93. The number of hydrogen-bond donors (Lipinski definition) is 1. The first-order valence-electron chi connectivity index (χ1n) is 8.21. The molecule has 0 unspecified atom stereocenters. The molecule has 1 N–H and O–H groups in total. The Kier molecular flexibility index (Phi) is 7.37. The predicted molar refractivity (Wildman–Crippen MR) is 97.4 cm³/mol. The SMILES string of the molecule is COCCOCc1cccc(NC(=O)N(C)[C@H](C)c2ccncc2)c1. The Morgan fingerprint density at radius 2 is 2.00 bits per heavy atom. The molecule has 1 heterocycles. The molecule has 0 aliphatic heterocycles. The summed E-state index contributed by atoms with van der Waals surface area (Å²) in [5.41, 5.74) is 2.78. The van der Waals surface area contributed by atoms with Gasteiger partial charge in [0.05, 0.1) is 25.9 Å². The van der Waals surface area contributed by atoms with Gasteiger partial charge >= 0.3 is 6.03 Å². The summed E-state index contributed by atoms with van der Waals surface area (Å²) in [6.07, 6.45) is 3.45. The van der Waals surface area contributed by atoms with Crippen LogP contribution in [0.15, 0.2) is 48.8 Å². The summed E-state index contributed by atoms with van der Waals surface area (Å²) in [7, 11) is 3.42. The standard InChI is InChI=1S/C19H25N3O3/c1-15(17-7-9-20-10-8-17)22(2)19(23)21-18-6-4-5-16(13-18)14-25-12-11-24-3/h4-10,13,15H,11-12,14H2,1-3H3,(H,21,23)/t15-/m1/s1. The van der Waals surface area contributed by atoms with E-state index in [4.69, 9.17) is 9.47 Å². The van der Waals surface area contributed by atoms with Crippen LogP contribution in [0.25, 0.3) is 0 Å². The number of methoxy groups -OCH3 is 1. The van der Waals surface area contributed by atoms with Crippen LogP contribution in [0.4, 0.5) is 10.5 Å². The van der Waals surface area contributed by atoms with Crippen LogP contribution in [0.3, 0.4) is 0 Å².